The number of carbonyl (C=O) groups is 1. The van der Waals surface area contributed by atoms with E-state index in [0.29, 0.717) is 25.1 Å². The summed E-state index contributed by atoms with van der Waals surface area (Å²) >= 11 is 0. The summed E-state index contributed by atoms with van der Waals surface area (Å²) in [5.41, 5.74) is 0.0247. The van der Waals surface area contributed by atoms with E-state index in [1.165, 1.54) is 12.3 Å². The molecule has 0 N–H and O–H groups in total. The molecule has 1 rings (SSSR count). The Morgan fingerprint density at radius 1 is 1.15 bits per heavy atom. The smallest absolute Gasteiger partial charge is 0.341 e. The third-order valence-corrected chi connectivity index (χ3v) is 4.35. The van der Waals surface area contributed by atoms with E-state index in [0.717, 1.165) is 17.7 Å². The van der Waals surface area contributed by atoms with Crippen molar-refractivity contribution in [2.24, 2.45) is 10.4 Å². The lowest BCUT2D eigenvalue weighted by atomic mass is 9.86. The standard InChI is InChI=1S/C20H29F3N2O/c1-7-14-10-11-16(20(21,22)23)12-15(14)13-24-17(19(4,5)6)18(26)25(8-2)9-3/h10-13,17H,7-9H2,1-6H3/t17-/m1/s1. The van der Waals surface area contributed by atoms with E-state index in [1.807, 2.05) is 41.5 Å². The Bertz CT molecular complexity index is 641. The van der Waals surface area contributed by atoms with Crippen LogP contribution in [0.4, 0.5) is 13.2 Å². The van der Waals surface area contributed by atoms with Crippen LogP contribution in [-0.2, 0) is 17.4 Å². The predicted molar refractivity (Wildman–Crippen MR) is 99.6 cm³/mol. The van der Waals surface area contributed by atoms with Gasteiger partial charge in [-0.1, -0.05) is 33.8 Å². The molecule has 0 aromatic heterocycles. The third kappa shape index (κ3) is 5.58. The van der Waals surface area contributed by atoms with Crippen LogP contribution in [0.5, 0.6) is 0 Å². The zero-order chi connectivity index (χ0) is 20.1. The van der Waals surface area contributed by atoms with Crippen LogP contribution in [0.15, 0.2) is 23.2 Å². The largest absolute Gasteiger partial charge is 0.416 e. The molecule has 0 bridgehead atoms. The molecule has 146 valence electrons. The number of alkyl halides is 3. The number of halogens is 3. The van der Waals surface area contributed by atoms with Gasteiger partial charge in [0.15, 0.2) is 0 Å². The van der Waals surface area contributed by atoms with Crippen molar-refractivity contribution in [1.82, 2.24) is 4.90 Å². The highest BCUT2D eigenvalue weighted by atomic mass is 19.4. The Kier molecular flexibility index (Phi) is 7.42. The molecule has 0 heterocycles. The summed E-state index contributed by atoms with van der Waals surface area (Å²) in [5, 5.41) is 0. The minimum atomic E-state index is -4.41. The summed E-state index contributed by atoms with van der Waals surface area (Å²) in [7, 11) is 0. The average Bonchev–Trinajstić information content (AvgIpc) is 2.53. The van der Waals surface area contributed by atoms with E-state index >= 15 is 0 Å². The number of carbonyl (C=O) groups excluding carboxylic acids is 1. The highest BCUT2D eigenvalue weighted by Crippen LogP contribution is 2.31. The molecule has 1 aromatic rings. The first-order valence-electron chi connectivity index (χ1n) is 8.97. The topological polar surface area (TPSA) is 32.7 Å². The molecule has 0 aliphatic heterocycles. The number of hydrogen-bond acceptors (Lipinski definition) is 2. The number of likely N-dealkylation sites (N-methyl/N-ethyl adjacent to an activating group) is 1. The van der Waals surface area contributed by atoms with Crippen LogP contribution in [0, 0.1) is 5.41 Å². The van der Waals surface area contributed by atoms with Crippen molar-refractivity contribution in [2.45, 2.75) is 60.2 Å². The molecule has 1 atom stereocenters. The maximum absolute atomic E-state index is 13.0. The summed E-state index contributed by atoms with van der Waals surface area (Å²) in [6.45, 7) is 12.5. The number of benzene rings is 1. The van der Waals surface area contributed by atoms with Gasteiger partial charge in [0.1, 0.15) is 6.04 Å². The molecule has 0 aliphatic rings. The second kappa shape index (κ2) is 8.69. The van der Waals surface area contributed by atoms with Gasteiger partial charge in [-0.05, 0) is 48.9 Å². The molecule has 26 heavy (non-hydrogen) atoms. The van der Waals surface area contributed by atoms with Crippen molar-refractivity contribution in [3.63, 3.8) is 0 Å². The predicted octanol–water partition coefficient (Wildman–Crippen LogP) is 4.97. The first-order chi connectivity index (χ1) is 12.0. The molecule has 0 spiro atoms. The van der Waals surface area contributed by atoms with Gasteiger partial charge in [0.05, 0.1) is 5.56 Å². The first-order valence-corrected chi connectivity index (χ1v) is 8.97. The van der Waals surface area contributed by atoms with Crippen molar-refractivity contribution in [2.75, 3.05) is 13.1 Å². The van der Waals surface area contributed by atoms with E-state index in [4.69, 9.17) is 0 Å². The molecule has 0 radical (unpaired) electrons. The molecule has 0 saturated heterocycles. The zero-order valence-corrected chi connectivity index (χ0v) is 16.4. The SMILES string of the molecule is CCc1ccc(C(F)(F)F)cc1C=N[C@H](C(=O)N(CC)CC)C(C)(C)C. The molecule has 6 heteroatoms. The van der Waals surface area contributed by atoms with Gasteiger partial charge in [-0.15, -0.1) is 0 Å². The fourth-order valence-electron chi connectivity index (χ4n) is 2.73. The molecule has 3 nitrogen and oxygen atoms in total. The number of nitrogens with zero attached hydrogens (tertiary/aromatic N) is 2. The third-order valence-electron chi connectivity index (χ3n) is 4.35. The molecule has 0 fully saturated rings. The molecule has 0 unspecified atom stereocenters. The maximum atomic E-state index is 13.0. The van der Waals surface area contributed by atoms with Crippen molar-refractivity contribution in [1.29, 1.82) is 0 Å². The van der Waals surface area contributed by atoms with Gasteiger partial charge in [0.2, 0.25) is 5.91 Å². The fourth-order valence-corrected chi connectivity index (χ4v) is 2.73. The van der Waals surface area contributed by atoms with Crippen molar-refractivity contribution in [3.05, 3.63) is 34.9 Å². The van der Waals surface area contributed by atoms with Gasteiger partial charge in [-0.25, -0.2) is 0 Å². The monoisotopic (exact) mass is 370 g/mol. The average molecular weight is 370 g/mol. The normalized spacial score (nSPS) is 13.9. The summed E-state index contributed by atoms with van der Waals surface area (Å²) in [6, 6.07) is 3.01. The van der Waals surface area contributed by atoms with Crippen LogP contribution in [0.2, 0.25) is 0 Å². The van der Waals surface area contributed by atoms with Crippen molar-refractivity contribution >= 4 is 12.1 Å². The van der Waals surface area contributed by atoms with Crippen LogP contribution in [0.1, 0.15) is 58.2 Å². The van der Waals surface area contributed by atoms with Gasteiger partial charge >= 0.3 is 6.18 Å². The number of aryl methyl sites for hydroxylation is 1. The molecular weight excluding hydrogens is 341 g/mol. The maximum Gasteiger partial charge on any atom is 0.416 e. The zero-order valence-electron chi connectivity index (χ0n) is 16.4. The van der Waals surface area contributed by atoms with Crippen molar-refractivity contribution in [3.8, 4) is 0 Å². The first kappa shape index (κ1) is 22.2. The fraction of sp³-hybridized carbons (Fsp3) is 0.600. The Morgan fingerprint density at radius 3 is 2.15 bits per heavy atom. The van der Waals surface area contributed by atoms with Gasteiger partial charge in [-0.2, -0.15) is 13.2 Å². The van der Waals surface area contributed by atoms with Crippen LogP contribution in [0.25, 0.3) is 0 Å². The number of aliphatic imine (C=N–C) groups is 1. The molecule has 0 aliphatic carbocycles. The lowest BCUT2D eigenvalue weighted by molar-refractivity contribution is -0.137. The van der Waals surface area contributed by atoms with Gasteiger partial charge in [0, 0.05) is 19.3 Å². The minimum Gasteiger partial charge on any atom is -0.341 e. The van der Waals surface area contributed by atoms with E-state index in [9.17, 15) is 18.0 Å². The van der Waals surface area contributed by atoms with Crippen molar-refractivity contribution < 1.29 is 18.0 Å². The van der Waals surface area contributed by atoms with Gasteiger partial charge in [0.25, 0.3) is 0 Å². The lowest BCUT2D eigenvalue weighted by Gasteiger charge is -2.31. The summed E-state index contributed by atoms with van der Waals surface area (Å²) in [5.74, 6) is -0.108. The van der Waals surface area contributed by atoms with Gasteiger partial charge < -0.3 is 4.90 Å². The van der Waals surface area contributed by atoms with Crippen LogP contribution >= 0.6 is 0 Å². The van der Waals surface area contributed by atoms with E-state index in [2.05, 4.69) is 4.99 Å². The molecule has 0 saturated carbocycles. The Labute approximate surface area is 154 Å². The summed E-state index contributed by atoms with van der Waals surface area (Å²) < 4.78 is 39.0. The highest BCUT2D eigenvalue weighted by Gasteiger charge is 2.33. The molecular formula is C20H29F3N2O. The Hall–Kier alpha value is -1.85. The molecule has 1 aromatic carbocycles. The second-order valence-electron chi connectivity index (χ2n) is 7.32. The minimum absolute atomic E-state index is 0.108. The number of amides is 1. The Balaban J connectivity index is 3.31. The number of hydrogen-bond donors (Lipinski definition) is 0. The van der Waals surface area contributed by atoms with Crippen LogP contribution in [-0.4, -0.2) is 36.2 Å². The van der Waals surface area contributed by atoms with Gasteiger partial charge in [-0.3, -0.25) is 9.79 Å². The number of rotatable bonds is 6. The Morgan fingerprint density at radius 2 is 1.73 bits per heavy atom. The van der Waals surface area contributed by atoms with E-state index in [-0.39, 0.29) is 5.91 Å². The van der Waals surface area contributed by atoms with Crippen LogP contribution in [0.3, 0.4) is 0 Å². The van der Waals surface area contributed by atoms with Crippen LogP contribution < -0.4 is 0 Å². The quantitative estimate of drug-likeness (QED) is 0.651. The molecule has 1 amide bonds. The summed E-state index contributed by atoms with van der Waals surface area (Å²) in [6.07, 6.45) is -2.40. The summed E-state index contributed by atoms with van der Waals surface area (Å²) in [4.78, 5) is 18.9. The second-order valence-corrected chi connectivity index (χ2v) is 7.32. The van der Waals surface area contributed by atoms with E-state index in [1.54, 1.807) is 4.90 Å². The van der Waals surface area contributed by atoms with E-state index < -0.39 is 23.2 Å². The lowest BCUT2D eigenvalue weighted by Crippen LogP contribution is -2.44. The highest BCUT2D eigenvalue weighted by molar-refractivity contribution is 5.88.